The first-order valence-electron chi connectivity index (χ1n) is 9.35. The topological polar surface area (TPSA) is 91.0 Å². The summed E-state index contributed by atoms with van der Waals surface area (Å²) in [6.45, 7) is 4.25. The van der Waals surface area contributed by atoms with Gasteiger partial charge < -0.3 is 13.9 Å². The van der Waals surface area contributed by atoms with Crippen molar-refractivity contribution in [3.8, 4) is 23.0 Å². The average molecular weight is 412 g/mol. The minimum atomic E-state index is -0.297. The van der Waals surface area contributed by atoms with Crippen molar-refractivity contribution in [2.45, 2.75) is 19.9 Å². The smallest absolute Gasteiger partial charge is 0.225 e. The summed E-state index contributed by atoms with van der Waals surface area (Å²) in [5.74, 6) is 1.76. The van der Waals surface area contributed by atoms with E-state index in [9.17, 15) is 4.39 Å². The SMILES string of the molecule is COc1nc(C2=N[C@@H](COc3ccc(F)cc3C)CON2)ccc1-c1ocnc1C. The quantitative estimate of drug-likeness (QED) is 0.665. The summed E-state index contributed by atoms with van der Waals surface area (Å²) in [4.78, 5) is 18.7. The first kappa shape index (κ1) is 19.8. The van der Waals surface area contributed by atoms with Crippen LogP contribution in [0.4, 0.5) is 4.39 Å². The van der Waals surface area contributed by atoms with Gasteiger partial charge in [0.15, 0.2) is 18.0 Å². The number of halogens is 1. The molecule has 3 aromatic rings. The van der Waals surface area contributed by atoms with Crippen molar-refractivity contribution in [1.82, 2.24) is 15.4 Å². The number of hydrogen-bond acceptors (Lipinski definition) is 8. The Hall–Kier alpha value is -3.46. The van der Waals surface area contributed by atoms with Gasteiger partial charge in [0.25, 0.3) is 0 Å². The second kappa shape index (κ2) is 8.50. The number of nitrogens with zero attached hydrogens (tertiary/aromatic N) is 3. The van der Waals surface area contributed by atoms with E-state index < -0.39 is 0 Å². The van der Waals surface area contributed by atoms with Gasteiger partial charge in [0.1, 0.15) is 36.5 Å². The van der Waals surface area contributed by atoms with Gasteiger partial charge in [-0.2, -0.15) is 0 Å². The van der Waals surface area contributed by atoms with Crippen LogP contribution in [0.25, 0.3) is 11.3 Å². The van der Waals surface area contributed by atoms with Crippen molar-refractivity contribution in [3.05, 3.63) is 59.5 Å². The first-order valence-corrected chi connectivity index (χ1v) is 9.35. The second-order valence-corrected chi connectivity index (χ2v) is 6.79. The van der Waals surface area contributed by atoms with Gasteiger partial charge in [-0.05, 0) is 49.7 Å². The number of amidine groups is 1. The van der Waals surface area contributed by atoms with E-state index >= 15 is 0 Å². The zero-order valence-electron chi connectivity index (χ0n) is 16.8. The fourth-order valence-corrected chi connectivity index (χ4v) is 3.08. The molecule has 9 heteroatoms. The Morgan fingerprint density at radius 3 is 2.83 bits per heavy atom. The highest BCUT2D eigenvalue weighted by atomic mass is 19.1. The molecule has 0 bridgehead atoms. The maximum Gasteiger partial charge on any atom is 0.225 e. The van der Waals surface area contributed by atoms with Crippen molar-refractivity contribution >= 4 is 5.84 Å². The molecule has 0 saturated heterocycles. The minimum Gasteiger partial charge on any atom is -0.491 e. The highest BCUT2D eigenvalue weighted by Gasteiger charge is 2.21. The number of aliphatic imine (C=N–C) groups is 1. The lowest BCUT2D eigenvalue weighted by Crippen LogP contribution is -2.38. The number of aryl methyl sites for hydroxylation is 2. The second-order valence-electron chi connectivity index (χ2n) is 6.79. The number of aromatic nitrogens is 2. The van der Waals surface area contributed by atoms with Gasteiger partial charge in [-0.1, -0.05) is 0 Å². The van der Waals surface area contributed by atoms with E-state index in [1.165, 1.54) is 25.6 Å². The summed E-state index contributed by atoms with van der Waals surface area (Å²) in [5, 5.41) is 0. The number of methoxy groups -OCH3 is 1. The van der Waals surface area contributed by atoms with Crippen LogP contribution < -0.4 is 15.0 Å². The van der Waals surface area contributed by atoms with Gasteiger partial charge in [-0.15, -0.1) is 0 Å². The number of ether oxygens (including phenoxy) is 2. The van der Waals surface area contributed by atoms with Crippen molar-refractivity contribution in [2.75, 3.05) is 20.3 Å². The van der Waals surface area contributed by atoms with Crippen molar-refractivity contribution in [3.63, 3.8) is 0 Å². The molecule has 0 fully saturated rings. The Morgan fingerprint density at radius 1 is 1.23 bits per heavy atom. The van der Waals surface area contributed by atoms with E-state index in [1.807, 2.05) is 13.0 Å². The highest BCUT2D eigenvalue weighted by Crippen LogP contribution is 2.30. The van der Waals surface area contributed by atoms with Crippen LogP contribution in [0.2, 0.25) is 0 Å². The molecule has 30 heavy (non-hydrogen) atoms. The lowest BCUT2D eigenvalue weighted by molar-refractivity contribution is 0.0511. The van der Waals surface area contributed by atoms with Crippen LogP contribution in [0.5, 0.6) is 11.6 Å². The third-order valence-electron chi connectivity index (χ3n) is 4.61. The minimum absolute atomic E-state index is 0.255. The van der Waals surface area contributed by atoms with Gasteiger partial charge in [0, 0.05) is 0 Å². The van der Waals surface area contributed by atoms with Crippen LogP contribution in [0, 0.1) is 19.7 Å². The van der Waals surface area contributed by atoms with Gasteiger partial charge in [0.05, 0.1) is 18.4 Å². The number of hydroxylamine groups is 1. The standard InChI is InChI=1S/C21H21FN4O4/c1-12-8-14(22)4-7-18(12)28-9-15-10-30-26-20(24-15)17-6-5-16(21(25-17)27-3)19-13(2)23-11-29-19/h4-8,11,15H,9-10H2,1-3H3,(H,24,26)/t15-/m0/s1. The third kappa shape index (κ3) is 4.11. The van der Waals surface area contributed by atoms with E-state index in [0.29, 0.717) is 41.1 Å². The van der Waals surface area contributed by atoms with Crippen LogP contribution in [0.1, 0.15) is 17.0 Å². The maximum absolute atomic E-state index is 13.3. The molecule has 2 aromatic heterocycles. The van der Waals surface area contributed by atoms with Crippen LogP contribution in [-0.2, 0) is 4.84 Å². The van der Waals surface area contributed by atoms with E-state index in [1.54, 1.807) is 19.1 Å². The van der Waals surface area contributed by atoms with Gasteiger partial charge in [-0.3, -0.25) is 9.83 Å². The molecule has 156 valence electrons. The van der Waals surface area contributed by atoms with Crippen LogP contribution >= 0.6 is 0 Å². The van der Waals surface area contributed by atoms with Crippen LogP contribution in [-0.4, -0.2) is 42.2 Å². The molecule has 1 N–H and O–H groups in total. The maximum atomic E-state index is 13.3. The summed E-state index contributed by atoms with van der Waals surface area (Å²) in [5.41, 5.74) is 5.50. The van der Waals surface area contributed by atoms with Gasteiger partial charge >= 0.3 is 0 Å². The lowest BCUT2D eigenvalue weighted by atomic mass is 10.1. The molecule has 4 rings (SSSR count). The Bertz CT molecular complexity index is 1080. The van der Waals surface area contributed by atoms with Crippen molar-refractivity contribution in [2.24, 2.45) is 4.99 Å². The number of oxazole rings is 1. The zero-order valence-corrected chi connectivity index (χ0v) is 16.8. The molecule has 0 amide bonds. The van der Waals surface area contributed by atoms with Gasteiger partial charge in [-0.25, -0.2) is 19.8 Å². The summed E-state index contributed by atoms with van der Waals surface area (Å²) >= 11 is 0. The number of hydrogen-bond donors (Lipinski definition) is 1. The van der Waals surface area contributed by atoms with E-state index in [2.05, 4.69) is 20.4 Å². The normalized spacial score (nSPS) is 16.0. The zero-order chi connectivity index (χ0) is 21.1. The molecule has 1 aliphatic heterocycles. The number of rotatable bonds is 6. The molecule has 1 atom stereocenters. The van der Waals surface area contributed by atoms with Crippen LogP contribution in [0.15, 0.2) is 46.1 Å². The highest BCUT2D eigenvalue weighted by molar-refractivity contribution is 5.97. The molecule has 1 aromatic carbocycles. The lowest BCUT2D eigenvalue weighted by Gasteiger charge is -2.22. The Kier molecular flexibility index (Phi) is 5.62. The third-order valence-corrected chi connectivity index (χ3v) is 4.61. The van der Waals surface area contributed by atoms with Crippen molar-refractivity contribution < 1.29 is 23.1 Å². The largest absolute Gasteiger partial charge is 0.491 e. The Labute approximate surface area is 172 Å². The first-order chi connectivity index (χ1) is 14.5. The molecule has 0 radical (unpaired) electrons. The monoisotopic (exact) mass is 412 g/mol. The molecule has 0 saturated carbocycles. The van der Waals surface area contributed by atoms with E-state index in [4.69, 9.17) is 18.7 Å². The molecule has 0 unspecified atom stereocenters. The molecule has 0 aliphatic carbocycles. The fraction of sp³-hybridized carbons (Fsp3) is 0.286. The summed E-state index contributed by atoms with van der Waals surface area (Å²) < 4.78 is 29.9. The van der Waals surface area contributed by atoms with E-state index in [-0.39, 0.29) is 18.5 Å². The summed E-state index contributed by atoms with van der Waals surface area (Å²) in [7, 11) is 1.54. The number of benzene rings is 1. The van der Waals surface area contributed by atoms with E-state index in [0.717, 1.165) is 11.3 Å². The molecular weight excluding hydrogens is 391 g/mol. The van der Waals surface area contributed by atoms with Crippen molar-refractivity contribution in [1.29, 1.82) is 0 Å². The van der Waals surface area contributed by atoms with Crippen LogP contribution in [0.3, 0.4) is 0 Å². The molecule has 1 aliphatic rings. The predicted octanol–water partition coefficient (Wildman–Crippen LogP) is 3.23. The van der Waals surface area contributed by atoms with Gasteiger partial charge in [0.2, 0.25) is 5.88 Å². The molecule has 0 spiro atoms. The fourth-order valence-electron chi connectivity index (χ4n) is 3.08. The summed E-state index contributed by atoms with van der Waals surface area (Å²) in [6.07, 6.45) is 1.38. The number of pyridine rings is 1. The molecule has 8 nitrogen and oxygen atoms in total. The Morgan fingerprint density at radius 2 is 2.10 bits per heavy atom. The summed E-state index contributed by atoms with van der Waals surface area (Å²) in [6, 6.07) is 7.77. The predicted molar refractivity (Wildman–Crippen MR) is 107 cm³/mol. The molecule has 3 heterocycles. The Balaban J connectivity index is 1.53. The number of nitrogens with one attached hydrogen (secondary N) is 1. The average Bonchev–Trinajstić information content (AvgIpc) is 3.18. The molecular formula is C21H21FN4O4.